The molecule has 0 aliphatic carbocycles. The summed E-state index contributed by atoms with van der Waals surface area (Å²) in [5, 5.41) is 2.92. The summed E-state index contributed by atoms with van der Waals surface area (Å²) in [5.41, 5.74) is 3.62. The smallest absolute Gasteiger partial charge is 0.251 e. The lowest BCUT2D eigenvalue weighted by atomic mass is 9.87. The van der Waals surface area contributed by atoms with Crippen LogP contribution in [0.3, 0.4) is 0 Å². The van der Waals surface area contributed by atoms with Crippen molar-refractivity contribution in [3.63, 3.8) is 0 Å². The van der Waals surface area contributed by atoms with Crippen LogP contribution in [0, 0.1) is 6.92 Å². The molecule has 1 heterocycles. The molecule has 0 spiro atoms. The Labute approximate surface area is 144 Å². The molecule has 0 saturated heterocycles. The minimum Gasteiger partial charge on any atom is -0.347 e. The van der Waals surface area contributed by atoms with Crippen molar-refractivity contribution in [2.45, 2.75) is 39.7 Å². The molecular formula is C19H26N4O. The van der Waals surface area contributed by atoms with Crippen molar-refractivity contribution in [2.75, 3.05) is 19.0 Å². The number of carbonyl (C=O) groups excluding carboxylic acids is 1. The fourth-order valence-electron chi connectivity index (χ4n) is 2.30. The van der Waals surface area contributed by atoms with Crippen LogP contribution in [0.15, 0.2) is 30.3 Å². The Balaban J connectivity index is 2.05. The Bertz CT molecular complexity index is 715. The van der Waals surface area contributed by atoms with Crippen molar-refractivity contribution in [3.05, 3.63) is 52.8 Å². The maximum Gasteiger partial charge on any atom is 0.251 e. The highest BCUT2D eigenvalue weighted by molar-refractivity contribution is 5.94. The third-order valence-electron chi connectivity index (χ3n) is 3.74. The molecule has 5 heteroatoms. The van der Waals surface area contributed by atoms with Crippen LogP contribution < -0.4 is 10.2 Å². The van der Waals surface area contributed by atoms with Gasteiger partial charge in [-0.1, -0.05) is 32.9 Å². The zero-order valence-corrected chi connectivity index (χ0v) is 15.3. The minimum absolute atomic E-state index is 0.0794. The predicted molar refractivity (Wildman–Crippen MR) is 97.4 cm³/mol. The van der Waals surface area contributed by atoms with Crippen LogP contribution >= 0.6 is 0 Å². The zero-order valence-electron chi connectivity index (χ0n) is 15.3. The van der Waals surface area contributed by atoms with Gasteiger partial charge in [-0.3, -0.25) is 4.79 Å². The lowest BCUT2D eigenvalue weighted by molar-refractivity contribution is 0.0950. The third-order valence-corrected chi connectivity index (χ3v) is 3.74. The highest BCUT2D eigenvalue weighted by atomic mass is 16.1. The Hall–Kier alpha value is -2.43. The van der Waals surface area contributed by atoms with Gasteiger partial charge in [-0.05, 0) is 36.1 Å². The number of hydrogen-bond acceptors (Lipinski definition) is 4. The van der Waals surface area contributed by atoms with E-state index in [2.05, 4.69) is 36.1 Å². The van der Waals surface area contributed by atoms with Crippen molar-refractivity contribution in [1.82, 2.24) is 15.3 Å². The van der Waals surface area contributed by atoms with Crippen LogP contribution in [-0.2, 0) is 12.0 Å². The SMILES string of the molecule is Cc1cc(CNC(=O)c2ccc(C(C)(C)C)cc2)nc(N(C)C)n1. The second-order valence-electron chi connectivity index (χ2n) is 7.21. The van der Waals surface area contributed by atoms with Crippen molar-refractivity contribution in [2.24, 2.45) is 0 Å². The number of aryl methyl sites for hydroxylation is 1. The van der Waals surface area contributed by atoms with Crippen LogP contribution in [-0.4, -0.2) is 30.0 Å². The standard InChI is InChI=1S/C19H26N4O/c1-13-11-16(22-18(21-13)23(5)6)12-20-17(24)14-7-9-15(10-8-14)19(2,3)4/h7-11H,12H2,1-6H3,(H,20,24). The molecule has 0 bridgehead atoms. The molecule has 128 valence electrons. The number of aromatic nitrogens is 2. The van der Waals surface area contributed by atoms with E-state index in [1.165, 1.54) is 5.56 Å². The van der Waals surface area contributed by atoms with Crippen molar-refractivity contribution >= 4 is 11.9 Å². The fourth-order valence-corrected chi connectivity index (χ4v) is 2.30. The first-order valence-corrected chi connectivity index (χ1v) is 8.07. The summed E-state index contributed by atoms with van der Waals surface area (Å²) in [7, 11) is 3.79. The molecule has 24 heavy (non-hydrogen) atoms. The zero-order chi connectivity index (χ0) is 17.9. The maximum atomic E-state index is 12.3. The first-order valence-electron chi connectivity index (χ1n) is 8.07. The molecular weight excluding hydrogens is 300 g/mol. The van der Waals surface area contributed by atoms with E-state index < -0.39 is 0 Å². The monoisotopic (exact) mass is 326 g/mol. The Morgan fingerprint density at radius 3 is 2.29 bits per heavy atom. The third kappa shape index (κ3) is 4.54. The van der Waals surface area contributed by atoms with Crippen molar-refractivity contribution in [3.8, 4) is 0 Å². The lowest BCUT2D eigenvalue weighted by Crippen LogP contribution is -2.24. The van der Waals surface area contributed by atoms with Gasteiger partial charge in [-0.15, -0.1) is 0 Å². The van der Waals surface area contributed by atoms with Gasteiger partial charge in [0.2, 0.25) is 5.95 Å². The Morgan fingerprint density at radius 1 is 1.12 bits per heavy atom. The summed E-state index contributed by atoms with van der Waals surface area (Å²) >= 11 is 0. The number of anilines is 1. The van der Waals surface area contributed by atoms with Gasteiger partial charge >= 0.3 is 0 Å². The number of rotatable bonds is 4. The van der Waals surface area contributed by atoms with Crippen molar-refractivity contribution < 1.29 is 4.79 Å². The second kappa shape index (κ2) is 6.99. The molecule has 1 aromatic carbocycles. The normalized spacial score (nSPS) is 11.2. The summed E-state index contributed by atoms with van der Waals surface area (Å²) in [4.78, 5) is 23.0. The van der Waals surface area contributed by atoms with Gasteiger partial charge in [-0.25, -0.2) is 9.97 Å². The second-order valence-corrected chi connectivity index (χ2v) is 7.21. The molecule has 2 aromatic rings. The molecule has 0 aliphatic heterocycles. The number of amides is 1. The van der Waals surface area contributed by atoms with E-state index in [-0.39, 0.29) is 11.3 Å². The quantitative estimate of drug-likeness (QED) is 0.938. The number of nitrogens with one attached hydrogen (secondary N) is 1. The highest BCUT2D eigenvalue weighted by Gasteiger charge is 2.14. The number of carbonyl (C=O) groups is 1. The molecule has 2 rings (SSSR count). The largest absolute Gasteiger partial charge is 0.347 e. The van der Waals surface area contributed by atoms with E-state index >= 15 is 0 Å². The lowest BCUT2D eigenvalue weighted by Gasteiger charge is -2.19. The predicted octanol–water partition coefficient (Wildman–Crippen LogP) is 3.08. The van der Waals surface area contributed by atoms with Crippen LogP contribution in [0.5, 0.6) is 0 Å². The molecule has 1 aromatic heterocycles. The van der Waals surface area contributed by atoms with Gasteiger partial charge < -0.3 is 10.2 Å². The van der Waals surface area contributed by atoms with E-state index in [1.807, 2.05) is 56.3 Å². The van der Waals surface area contributed by atoms with Gasteiger partial charge in [0, 0.05) is 25.4 Å². The summed E-state index contributed by atoms with van der Waals surface area (Å²) in [5.74, 6) is 0.548. The first kappa shape index (κ1) is 17.9. The van der Waals surface area contributed by atoms with E-state index in [1.54, 1.807) is 0 Å². The average Bonchev–Trinajstić information content (AvgIpc) is 2.51. The molecule has 1 amide bonds. The number of benzene rings is 1. The first-order chi connectivity index (χ1) is 11.2. The summed E-state index contributed by atoms with van der Waals surface area (Å²) in [6, 6.07) is 9.64. The van der Waals surface area contributed by atoms with Crippen molar-refractivity contribution in [1.29, 1.82) is 0 Å². The molecule has 5 nitrogen and oxygen atoms in total. The summed E-state index contributed by atoms with van der Waals surface area (Å²) < 4.78 is 0. The average molecular weight is 326 g/mol. The fraction of sp³-hybridized carbons (Fsp3) is 0.421. The van der Waals surface area contributed by atoms with Crippen LogP contribution in [0.2, 0.25) is 0 Å². The van der Waals surface area contributed by atoms with E-state index in [0.717, 1.165) is 11.4 Å². The van der Waals surface area contributed by atoms with Gasteiger partial charge in [-0.2, -0.15) is 0 Å². The van der Waals surface area contributed by atoms with E-state index in [4.69, 9.17) is 0 Å². The van der Waals surface area contributed by atoms with Crippen LogP contribution in [0.4, 0.5) is 5.95 Å². The Kier molecular flexibility index (Phi) is 5.22. The van der Waals surface area contributed by atoms with Gasteiger partial charge in [0.25, 0.3) is 5.91 Å². The highest BCUT2D eigenvalue weighted by Crippen LogP contribution is 2.22. The van der Waals surface area contributed by atoms with Gasteiger partial charge in [0.05, 0.1) is 12.2 Å². The number of nitrogens with zero attached hydrogens (tertiary/aromatic N) is 3. The molecule has 1 N–H and O–H groups in total. The van der Waals surface area contributed by atoms with Crippen LogP contribution in [0.1, 0.15) is 48.1 Å². The summed E-state index contributed by atoms with van der Waals surface area (Å²) in [6.45, 7) is 8.76. The summed E-state index contributed by atoms with van der Waals surface area (Å²) in [6.07, 6.45) is 0. The molecule has 0 unspecified atom stereocenters. The van der Waals surface area contributed by atoms with Gasteiger partial charge in [0.1, 0.15) is 0 Å². The van der Waals surface area contributed by atoms with E-state index in [9.17, 15) is 4.79 Å². The topological polar surface area (TPSA) is 58.1 Å². The Morgan fingerprint density at radius 2 is 1.75 bits per heavy atom. The maximum absolute atomic E-state index is 12.3. The number of hydrogen-bond donors (Lipinski definition) is 1. The molecule has 0 atom stereocenters. The molecule has 0 radical (unpaired) electrons. The van der Waals surface area contributed by atoms with Gasteiger partial charge in [0.15, 0.2) is 0 Å². The molecule has 0 aliphatic rings. The molecule has 0 fully saturated rings. The van der Waals surface area contributed by atoms with E-state index in [0.29, 0.717) is 18.1 Å². The molecule has 0 saturated carbocycles. The minimum atomic E-state index is -0.0990. The van der Waals surface area contributed by atoms with Crippen LogP contribution in [0.25, 0.3) is 0 Å².